The molecule has 2 saturated heterocycles. The summed E-state index contributed by atoms with van der Waals surface area (Å²) in [5, 5.41) is 6.93. The van der Waals surface area contributed by atoms with Gasteiger partial charge in [-0.05, 0) is 57.0 Å². The minimum Gasteiger partial charge on any atom is -0.492 e. The zero-order chi connectivity index (χ0) is 28.7. The number of carbonyl (C=O) groups is 2. The second-order valence-corrected chi connectivity index (χ2v) is 11.7. The van der Waals surface area contributed by atoms with Gasteiger partial charge in [-0.25, -0.2) is 4.39 Å². The van der Waals surface area contributed by atoms with Gasteiger partial charge in [0.15, 0.2) is 0 Å². The van der Waals surface area contributed by atoms with Gasteiger partial charge in [-0.15, -0.1) is 0 Å². The summed E-state index contributed by atoms with van der Waals surface area (Å²) in [6.45, 7) is 10.3. The second kappa shape index (κ2) is 10.8. The Hall–Kier alpha value is -3.98. The lowest BCUT2D eigenvalue weighted by atomic mass is 9.73. The maximum atomic E-state index is 13.5. The number of hydrogen-bond acceptors (Lipinski definition) is 6. The average Bonchev–Trinajstić information content (AvgIpc) is 3.54. The van der Waals surface area contributed by atoms with Crippen molar-refractivity contribution in [3.8, 4) is 5.75 Å². The monoisotopic (exact) mass is 557 g/mol. The number of ether oxygens (including phenoxy) is 1. The Morgan fingerprint density at radius 3 is 2.76 bits per heavy atom. The number of likely N-dealkylation sites (N-methyl/N-ethyl adjacent to an activating group) is 1. The molecule has 2 fully saturated rings. The number of nitrogens with one attached hydrogen (secondary N) is 1. The maximum absolute atomic E-state index is 13.5. The number of amides is 2. The van der Waals surface area contributed by atoms with E-state index in [1.54, 1.807) is 12.1 Å². The Kier molecular flexibility index (Phi) is 7.15. The highest BCUT2D eigenvalue weighted by atomic mass is 19.1. The zero-order valence-electron chi connectivity index (χ0n) is 23.7. The van der Waals surface area contributed by atoms with E-state index in [2.05, 4.69) is 41.0 Å². The van der Waals surface area contributed by atoms with Gasteiger partial charge < -0.3 is 9.64 Å². The number of piperidine rings is 2. The molecular formula is C32H36FN5O3. The molecule has 0 radical (unpaired) electrons. The van der Waals surface area contributed by atoms with Crippen molar-refractivity contribution in [1.82, 2.24) is 24.9 Å². The highest BCUT2D eigenvalue weighted by Crippen LogP contribution is 2.48. The van der Waals surface area contributed by atoms with Gasteiger partial charge in [0.05, 0.1) is 19.3 Å². The van der Waals surface area contributed by atoms with E-state index in [1.807, 2.05) is 35.1 Å². The molecule has 1 N–H and O–H groups in total. The molecule has 1 atom stereocenters. The van der Waals surface area contributed by atoms with Gasteiger partial charge in [-0.1, -0.05) is 30.8 Å². The predicted molar refractivity (Wildman–Crippen MR) is 154 cm³/mol. The van der Waals surface area contributed by atoms with Gasteiger partial charge in [0, 0.05) is 59.6 Å². The lowest BCUT2D eigenvalue weighted by Gasteiger charge is -2.38. The number of carbonyl (C=O) groups excluding carboxylic acids is 2. The van der Waals surface area contributed by atoms with E-state index in [-0.39, 0.29) is 23.0 Å². The maximum Gasteiger partial charge on any atom is 0.249 e. The fraction of sp³-hybridized carbons (Fsp3) is 0.406. The fourth-order valence-electron chi connectivity index (χ4n) is 6.53. The van der Waals surface area contributed by atoms with Crippen LogP contribution in [-0.2, 0) is 28.1 Å². The van der Waals surface area contributed by atoms with Crippen LogP contribution in [0.4, 0.5) is 4.39 Å². The molecule has 2 amide bonds. The molecule has 6 rings (SSSR count). The zero-order valence-corrected chi connectivity index (χ0v) is 23.7. The summed E-state index contributed by atoms with van der Waals surface area (Å²) in [4.78, 5) is 28.4. The minimum atomic E-state index is -0.419. The molecule has 3 aliphatic rings. The van der Waals surface area contributed by atoms with Gasteiger partial charge >= 0.3 is 0 Å². The quantitative estimate of drug-likeness (QED) is 0.443. The van der Waals surface area contributed by atoms with E-state index in [0.717, 1.165) is 66.2 Å². The first-order chi connectivity index (χ1) is 19.7. The topological polar surface area (TPSA) is 79.7 Å². The van der Waals surface area contributed by atoms with Crippen LogP contribution in [0.1, 0.15) is 53.5 Å². The van der Waals surface area contributed by atoms with Crippen LogP contribution in [0, 0.1) is 12.7 Å². The molecule has 3 aromatic rings. The number of hydrogen-bond donors (Lipinski definition) is 1. The van der Waals surface area contributed by atoms with Gasteiger partial charge in [0.1, 0.15) is 17.6 Å². The van der Waals surface area contributed by atoms with E-state index >= 15 is 0 Å². The van der Waals surface area contributed by atoms with Crippen molar-refractivity contribution in [3.05, 3.63) is 89.0 Å². The fourth-order valence-corrected chi connectivity index (χ4v) is 6.53. The first-order valence-corrected chi connectivity index (χ1v) is 14.2. The van der Waals surface area contributed by atoms with Crippen molar-refractivity contribution in [3.63, 3.8) is 0 Å². The molecule has 0 aliphatic carbocycles. The van der Waals surface area contributed by atoms with Crippen molar-refractivity contribution >= 4 is 17.5 Å². The van der Waals surface area contributed by atoms with E-state index in [4.69, 9.17) is 4.74 Å². The smallest absolute Gasteiger partial charge is 0.249 e. The molecule has 4 heterocycles. The van der Waals surface area contributed by atoms with Gasteiger partial charge in [-0.3, -0.25) is 24.5 Å². The number of rotatable bonds is 7. The molecule has 0 saturated carbocycles. The molecular weight excluding hydrogens is 521 g/mol. The van der Waals surface area contributed by atoms with Crippen LogP contribution < -0.4 is 10.1 Å². The number of aromatic nitrogens is 2. The molecule has 214 valence electrons. The summed E-state index contributed by atoms with van der Waals surface area (Å²) in [6, 6.07) is 10.5. The number of benzene rings is 2. The highest BCUT2D eigenvalue weighted by molar-refractivity contribution is 6.00. The number of fused-ring (bicyclic) bond motifs is 2. The van der Waals surface area contributed by atoms with Crippen LogP contribution in [0.15, 0.2) is 55.4 Å². The Labute approximate surface area is 239 Å². The summed E-state index contributed by atoms with van der Waals surface area (Å²) in [7, 11) is 1.86. The number of halogens is 1. The van der Waals surface area contributed by atoms with Crippen molar-refractivity contribution in [2.45, 2.75) is 57.2 Å². The first kappa shape index (κ1) is 27.2. The molecule has 3 aliphatic heterocycles. The van der Waals surface area contributed by atoms with Crippen LogP contribution in [0.3, 0.4) is 0 Å². The Morgan fingerprint density at radius 2 is 2.00 bits per heavy atom. The lowest BCUT2D eigenvalue weighted by Crippen LogP contribution is -2.50. The number of imide groups is 1. The van der Waals surface area contributed by atoms with Crippen molar-refractivity contribution in [1.29, 1.82) is 0 Å². The van der Waals surface area contributed by atoms with E-state index in [1.165, 1.54) is 11.6 Å². The Morgan fingerprint density at radius 1 is 1.20 bits per heavy atom. The van der Waals surface area contributed by atoms with E-state index in [0.29, 0.717) is 26.0 Å². The van der Waals surface area contributed by atoms with Crippen LogP contribution in [0.5, 0.6) is 5.75 Å². The average molecular weight is 558 g/mol. The lowest BCUT2D eigenvalue weighted by molar-refractivity contribution is -0.136. The van der Waals surface area contributed by atoms with Crippen LogP contribution in [0.25, 0.3) is 5.70 Å². The predicted octanol–water partition coefficient (Wildman–Crippen LogP) is 4.01. The molecule has 8 nitrogen and oxygen atoms in total. The second-order valence-electron chi connectivity index (χ2n) is 11.7. The summed E-state index contributed by atoms with van der Waals surface area (Å²) < 4.78 is 21.7. The normalized spacial score (nSPS) is 20.0. The van der Waals surface area contributed by atoms with Crippen molar-refractivity contribution < 1.29 is 18.7 Å². The number of likely N-dealkylation sites (tertiary alicyclic amines) is 1. The molecule has 0 bridgehead atoms. The Bertz CT molecular complexity index is 1510. The standard InChI is InChI=1S/C32H36FN5O3/c1-21-26(22(2)36(3)28-9-10-29(39)35-31(28)40)7-8-27-30(21)41-20-32(27)11-13-37(14-12-32)17-24-16-34-38(19-24)18-23-5-4-6-25(33)15-23/h4-8,15-16,19,28H,2,9-14,17-18,20H2,1,3H3,(H,35,39,40). The largest absolute Gasteiger partial charge is 0.492 e. The minimum absolute atomic E-state index is 0.00641. The third kappa shape index (κ3) is 5.26. The van der Waals surface area contributed by atoms with Crippen molar-refractivity contribution in [2.75, 3.05) is 26.7 Å². The summed E-state index contributed by atoms with van der Waals surface area (Å²) in [6.07, 6.45) is 6.78. The van der Waals surface area contributed by atoms with Gasteiger partial charge in [-0.2, -0.15) is 5.10 Å². The van der Waals surface area contributed by atoms with Crippen LogP contribution >= 0.6 is 0 Å². The third-order valence-corrected chi connectivity index (χ3v) is 9.02. The Balaban J connectivity index is 1.09. The van der Waals surface area contributed by atoms with Crippen molar-refractivity contribution in [2.24, 2.45) is 0 Å². The summed E-state index contributed by atoms with van der Waals surface area (Å²) in [5.41, 5.74) is 6.05. The van der Waals surface area contributed by atoms with Crippen LogP contribution in [-0.4, -0.2) is 64.2 Å². The highest BCUT2D eigenvalue weighted by Gasteiger charge is 2.44. The molecule has 1 unspecified atom stereocenters. The first-order valence-electron chi connectivity index (χ1n) is 14.2. The summed E-state index contributed by atoms with van der Waals surface area (Å²) in [5.74, 6) is 0.210. The van der Waals surface area contributed by atoms with E-state index < -0.39 is 6.04 Å². The molecule has 1 aromatic heterocycles. The van der Waals surface area contributed by atoms with Crippen LogP contribution in [0.2, 0.25) is 0 Å². The third-order valence-electron chi connectivity index (χ3n) is 9.02. The molecule has 1 spiro atoms. The van der Waals surface area contributed by atoms with Gasteiger partial charge in [0.2, 0.25) is 11.8 Å². The molecule has 2 aromatic carbocycles. The SMILES string of the molecule is C=C(c1ccc2c(c1C)OCC21CCN(Cc2cnn(Cc3cccc(F)c3)c2)CC1)N(C)C1CCC(=O)NC1=O. The number of nitrogens with zero attached hydrogens (tertiary/aromatic N) is 4. The molecule has 41 heavy (non-hydrogen) atoms. The molecule has 9 heteroatoms. The van der Waals surface area contributed by atoms with Gasteiger partial charge in [0.25, 0.3) is 0 Å². The van der Waals surface area contributed by atoms with E-state index in [9.17, 15) is 14.0 Å². The summed E-state index contributed by atoms with van der Waals surface area (Å²) >= 11 is 0.